The highest BCUT2D eigenvalue weighted by Crippen LogP contribution is 2.27. The molecule has 0 unspecified atom stereocenters. The predicted molar refractivity (Wildman–Crippen MR) is 70.9 cm³/mol. The monoisotopic (exact) mass is 263 g/mol. The summed E-state index contributed by atoms with van der Waals surface area (Å²) in [5, 5.41) is 0.472. The summed E-state index contributed by atoms with van der Waals surface area (Å²) in [5.74, 6) is 1.37. The lowest BCUT2D eigenvalue weighted by Gasteiger charge is -2.09. The van der Waals surface area contributed by atoms with Crippen LogP contribution in [0.4, 0.5) is 0 Å². The van der Waals surface area contributed by atoms with E-state index in [2.05, 4.69) is 15.0 Å². The molecule has 0 aromatic carbocycles. The average Bonchev–Trinajstić information content (AvgIpc) is 2.34. The first-order valence-corrected chi connectivity index (χ1v) is 6.08. The number of aromatic nitrogens is 3. The van der Waals surface area contributed by atoms with Gasteiger partial charge in [0.1, 0.15) is 16.7 Å². The Bertz CT molecular complexity index is 572. The molecule has 0 aliphatic rings. The van der Waals surface area contributed by atoms with Crippen LogP contribution in [-0.4, -0.2) is 21.6 Å². The van der Waals surface area contributed by atoms with Crippen molar-refractivity contribution in [2.45, 2.75) is 20.8 Å². The van der Waals surface area contributed by atoms with Crippen LogP contribution in [0, 0.1) is 13.8 Å². The highest BCUT2D eigenvalue weighted by molar-refractivity contribution is 6.30. The van der Waals surface area contributed by atoms with Gasteiger partial charge in [-0.2, -0.15) is 0 Å². The van der Waals surface area contributed by atoms with E-state index in [1.807, 2.05) is 26.8 Å². The van der Waals surface area contributed by atoms with E-state index < -0.39 is 0 Å². The van der Waals surface area contributed by atoms with Crippen LogP contribution in [0.5, 0.6) is 5.75 Å². The van der Waals surface area contributed by atoms with Gasteiger partial charge >= 0.3 is 0 Å². The molecular formula is C13H14ClN3O. The highest BCUT2D eigenvalue weighted by atomic mass is 35.5. The maximum Gasteiger partial charge on any atom is 0.138 e. The fourth-order valence-corrected chi connectivity index (χ4v) is 1.88. The van der Waals surface area contributed by atoms with Crippen LogP contribution in [0.1, 0.15) is 18.3 Å². The van der Waals surface area contributed by atoms with Crippen molar-refractivity contribution in [2.75, 3.05) is 6.61 Å². The van der Waals surface area contributed by atoms with Crippen molar-refractivity contribution >= 4 is 11.6 Å². The first-order valence-electron chi connectivity index (χ1n) is 5.70. The second-order valence-corrected chi connectivity index (χ2v) is 4.24. The summed E-state index contributed by atoms with van der Waals surface area (Å²) in [6.45, 7) is 6.25. The molecule has 0 bridgehead atoms. The topological polar surface area (TPSA) is 47.9 Å². The third kappa shape index (κ3) is 2.59. The first kappa shape index (κ1) is 12.8. The molecule has 2 rings (SSSR count). The van der Waals surface area contributed by atoms with Crippen LogP contribution in [0.25, 0.3) is 11.3 Å². The third-order valence-corrected chi connectivity index (χ3v) is 2.86. The minimum Gasteiger partial charge on any atom is -0.492 e. The van der Waals surface area contributed by atoms with Crippen LogP contribution in [0.2, 0.25) is 5.15 Å². The predicted octanol–water partition coefficient (Wildman–Crippen LogP) is 3.21. The number of rotatable bonds is 3. The van der Waals surface area contributed by atoms with Gasteiger partial charge in [-0.25, -0.2) is 9.97 Å². The van der Waals surface area contributed by atoms with Crippen molar-refractivity contribution in [1.82, 2.24) is 15.0 Å². The van der Waals surface area contributed by atoms with Gasteiger partial charge < -0.3 is 4.74 Å². The zero-order valence-corrected chi connectivity index (χ0v) is 11.3. The zero-order valence-electron chi connectivity index (χ0n) is 10.6. The van der Waals surface area contributed by atoms with Gasteiger partial charge in [0.15, 0.2) is 0 Å². The largest absolute Gasteiger partial charge is 0.492 e. The standard InChI is InChI=1S/C13H14ClN3O/c1-4-18-11-5-10(6-15-7-11)12-8(2)13(14)17-9(3)16-12/h5-7H,4H2,1-3H3. The lowest BCUT2D eigenvalue weighted by atomic mass is 10.1. The molecule has 0 aliphatic heterocycles. The van der Waals surface area contributed by atoms with Crippen molar-refractivity contribution in [3.63, 3.8) is 0 Å². The Morgan fingerprint density at radius 2 is 2.00 bits per heavy atom. The zero-order chi connectivity index (χ0) is 13.1. The maximum atomic E-state index is 6.07. The molecule has 18 heavy (non-hydrogen) atoms. The van der Waals surface area contributed by atoms with Crippen molar-refractivity contribution in [3.05, 3.63) is 35.0 Å². The fraction of sp³-hybridized carbons (Fsp3) is 0.308. The molecule has 0 radical (unpaired) electrons. The molecule has 0 amide bonds. The number of nitrogens with zero attached hydrogens (tertiary/aromatic N) is 3. The summed E-state index contributed by atoms with van der Waals surface area (Å²) in [6.07, 6.45) is 3.42. The van der Waals surface area contributed by atoms with Gasteiger partial charge in [0.2, 0.25) is 0 Å². The summed E-state index contributed by atoms with van der Waals surface area (Å²) >= 11 is 6.07. The molecule has 94 valence electrons. The summed E-state index contributed by atoms with van der Waals surface area (Å²) in [7, 11) is 0. The Morgan fingerprint density at radius 3 is 2.72 bits per heavy atom. The van der Waals surface area contributed by atoms with Crippen molar-refractivity contribution < 1.29 is 4.74 Å². The molecule has 2 heterocycles. The van der Waals surface area contributed by atoms with Gasteiger partial charge in [-0.05, 0) is 26.8 Å². The third-order valence-electron chi connectivity index (χ3n) is 2.50. The first-order chi connectivity index (χ1) is 8.61. The Labute approximate surface area is 111 Å². The van der Waals surface area contributed by atoms with E-state index in [-0.39, 0.29) is 0 Å². The summed E-state index contributed by atoms with van der Waals surface area (Å²) in [5.41, 5.74) is 2.52. The van der Waals surface area contributed by atoms with Gasteiger partial charge in [-0.3, -0.25) is 4.98 Å². The summed E-state index contributed by atoms with van der Waals surface area (Å²) in [4.78, 5) is 12.7. The van der Waals surface area contributed by atoms with Crippen molar-refractivity contribution in [3.8, 4) is 17.0 Å². The van der Waals surface area contributed by atoms with Crippen LogP contribution in [0.3, 0.4) is 0 Å². The number of halogens is 1. The van der Waals surface area contributed by atoms with Crippen molar-refractivity contribution in [1.29, 1.82) is 0 Å². The van der Waals surface area contributed by atoms with Gasteiger partial charge in [0.25, 0.3) is 0 Å². The Morgan fingerprint density at radius 1 is 1.22 bits per heavy atom. The van der Waals surface area contributed by atoms with Gasteiger partial charge in [-0.15, -0.1) is 0 Å². The number of ether oxygens (including phenoxy) is 1. The van der Waals surface area contributed by atoms with E-state index in [1.54, 1.807) is 12.4 Å². The number of hydrogen-bond donors (Lipinski definition) is 0. The van der Waals surface area contributed by atoms with E-state index in [0.29, 0.717) is 17.6 Å². The normalized spacial score (nSPS) is 10.4. The van der Waals surface area contributed by atoms with Crippen LogP contribution < -0.4 is 4.74 Å². The molecule has 0 atom stereocenters. The maximum absolute atomic E-state index is 6.07. The average molecular weight is 264 g/mol. The van der Waals surface area contributed by atoms with Gasteiger partial charge in [0.05, 0.1) is 18.5 Å². The minimum absolute atomic E-state index is 0.472. The van der Waals surface area contributed by atoms with E-state index in [1.165, 1.54) is 0 Å². The molecule has 2 aromatic rings. The molecular weight excluding hydrogens is 250 g/mol. The Balaban J connectivity index is 2.51. The lowest BCUT2D eigenvalue weighted by Crippen LogP contribution is -1.98. The van der Waals surface area contributed by atoms with Gasteiger partial charge in [-0.1, -0.05) is 11.6 Å². The second-order valence-electron chi connectivity index (χ2n) is 3.88. The summed E-state index contributed by atoms with van der Waals surface area (Å²) in [6, 6.07) is 1.90. The molecule has 0 aliphatic carbocycles. The molecule has 0 spiro atoms. The van der Waals surface area contributed by atoms with Crippen LogP contribution >= 0.6 is 11.6 Å². The highest BCUT2D eigenvalue weighted by Gasteiger charge is 2.10. The summed E-state index contributed by atoms with van der Waals surface area (Å²) < 4.78 is 5.43. The minimum atomic E-state index is 0.472. The van der Waals surface area contributed by atoms with Crippen LogP contribution in [0.15, 0.2) is 18.5 Å². The van der Waals surface area contributed by atoms with Crippen LogP contribution in [-0.2, 0) is 0 Å². The fourth-order valence-electron chi connectivity index (χ4n) is 1.67. The number of hydrogen-bond acceptors (Lipinski definition) is 4. The molecule has 0 saturated heterocycles. The lowest BCUT2D eigenvalue weighted by molar-refractivity contribution is 0.339. The molecule has 0 saturated carbocycles. The van der Waals surface area contributed by atoms with E-state index >= 15 is 0 Å². The quantitative estimate of drug-likeness (QED) is 0.798. The molecule has 2 aromatic heterocycles. The number of aryl methyl sites for hydroxylation is 1. The van der Waals surface area contributed by atoms with Gasteiger partial charge in [0, 0.05) is 17.3 Å². The second kappa shape index (κ2) is 5.31. The smallest absolute Gasteiger partial charge is 0.138 e. The molecule has 0 fully saturated rings. The molecule has 5 heteroatoms. The van der Waals surface area contributed by atoms with Crippen molar-refractivity contribution in [2.24, 2.45) is 0 Å². The Hall–Kier alpha value is -1.68. The van der Waals surface area contributed by atoms with E-state index in [0.717, 1.165) is 22.6 Å². The van der Waals surface area contributed by atoms with E-state index in [9.17, 15) is 0 Å². The molecule has 4 nitrogen and oxygen atoms in total. The number of pyridine rings is 1. The Kier molecular flexibility index (Phi) is 3.77. The molecule has 0 N–H and O–H groups in total. The SMILES string of the molecule is CCOc1cncc(-c2nc(C)nc(Cl)c2C)c1. The van der Waals surface area contributed by atoms with E-state index in [4.69, 9.17) is 16.3 Å².